The molecule has 1 N–H and O–H groups in total. The zero-order valence-corrected chi connectivity index (χ0v) is 13.0. The van der Waals surface area contributed by atoms with Gasteiger partial charge in [-0.25, -0.2) is 0 Å². The van der Waals surface area contributed by atoms with Crippen LogP contribution in [0.25, 0.3) is 0 Å². The number of carbonyl (C=O) groups is 2. The lowest BCUT2D eigenvalue weighted by molar-refractivity contribution is -0.138. The van der Waals surface area contributed by atoms with E-state index >= 15 is 0 Å². The Balaban J connectivity index is 2.01. The summed E-state index contributed by atoms with van der Waals surface area (Å²) in [6.07, 6.45) is 9.72. The maximum atomic E-state index is 11.6. The first kappa shape index (κ1) is 17.2. The van der Waals surface area contributed by atoms with Gasteiger partial charge in [0.25, 0.3) is 5.91 Å². The monoisotopic (exact) mass is 282 g/mol. The van der Waals surface area contributed by atoms with Crippen LogP contribution >= 0.6 is 0 Å². The first-order valence-electron chi connectivity index (χ1n) is 8.27. The number of rotatable bonds is 10. The number of amides is 1. The van der Waals surface area contributed by atoms with Crippen molar-refractivity contribution >= 4 is 11.7 Å². The summed E-state index contributed by atoms with van der Waals surface area (Å²) in [5.74, 6) is -0.641. The minimum Gasteiger partial charge on any atom is -0.348 e. The summed E-state index contributed by atoms with van der Waals surface area (Å²) in [5, 5.41) is 2.75. The van der Waals surface area contributed by atoms with Gasteiger partial charge in [0.15, 0.2) is 0 Å². The van der Waals surface area contributed by atoms with E-state index in [2.05, 4.69) is 17.1 Å². The fourth-order valence-corrected chi connectivity index (χ4v) is 2.61. The third kappa shape index (κ3) is 7.63. The SMILES string of the molecule is CCCCCCCC(=O)C(=O)NCCN1CCCCC1. The molecule has 0 aromatic heterocycles. The Labute approximate surface area is 123 Å². The van der Waals surface area contributed by atoms with Gasteiger partial charge in [-0.2, -0.15) is 0 Å². The van der Waals surface area contributed by atoms with Crippen molar-refractivity contribution in [1.82, 2.24) is 10.2 Å². The van der Waals surface area contributed by atoms with Gasteiger partial charge in [0.05, 0.1) is 0 Å². The quantitative estimate of drug-likeness (QED) is 0.495. The van der Waals surface area contributed by atoms with Crippen molar-refractivity contribution in [3.63, 3.8) is 0 Å². The van der Waals surface area contributed by atoms with E-state index in [0.717, 1.165) is 32.5 Å². The number of unbranched alkanes of at least 4 members (excludes halogenated alkanes) is 4. The van der Waals surface area contributed by atoms with Gasteiger partial charge in [0, 0.05) is 19.5 Å². The predicted octanol–water partition coefficient (Wildman–Crippen LogP) is 2.52. The highest BCUT2D eigenvalue weighted by atomic mass is 16.2. The summed E-state index contributed by atoms with van der Waals surface area (Å²) < 4.78 is 0. The van der Waals surface area contributed by atoms with E-state index in [1.54, 1.807) is 0 Å². The van der Waals surface area contributed by atoms with E-state index in [1.807, 2.05) is 0 Å². The largest absolute Gasteiger partial charge is 0.348 e. The van der Waals surface area contributed by atoms with Crippen LogP contribution in [0.2, 0.25) is 0 Å². The molecule has 1 saturated heterocycles. The lowest BCUT2D eigenvalue weighted by atomic mass is 10.1. The molecule has 1 fully saturated rings. The number of nitrogens with zero attached hydrogens (tertiary/aromatic N) is 1. The molecule has 20 heavy (non-hydrogen) atoms. The second-order valence-corrected chi connectivity index (χ2v) is 5.75. The van der Waals surface area contributed by atoms with Crippen LogP contribution in [0.1, 0.15) is 64.7 Å². The van der Waals surface area contributed by atoms with E-state index in [-0.39, 0.29) is 5.78 Å². The molecular weight excluding hydrogens is 252 g/mol. The molecule has 1 rings (SSSR count). The third-order valence-electron chi connectivity index (χ3n) is 3.92. The summed E-state index contributed by atoms with van der Waals surface area (Å²) >= 11 is 0. The zero-order valence-electron chi connectivity index (χ0n) is 13.0. The minimum absolute atomic E-state index is 0.250. The van der Waals surface area contributed by atoms with Crippen LogP contribution in [-0.2, 0) is 9.59 Å². The fraction of sp³-hybridized carbons (Fsp3) is 0.875. The molecule has 4 nitrogen and oxygen atoms in total. The van der Waals surface area contributed by atoms with E-state index in [4.69, 9.17) is 0 Å². The van der Waals surface area contributed by atoms with Crippen molar-refractivity contribution < 1.29 is 9.59 Å². The summed E-state index contributed by atoms with van der Waals surface area (Å²) in [5.41, 5.74) is 0. The maximum Gasteiger partial charge on any atom is 0.287 e. The molecule has 0 atom stereocenters. The molecule has 0 aromatic carbocycles. The average molecular weight is 282 g/mol. The molecule has 0 bridgehead atoms. The molecule has 0 aromatic rings. The van der Waals surface area contributed by atoms with Crippen molar-refractivity contribution in [2.24, 2.45) is 0 Å². The number of ketones is 1. The normalized spacial score (nSPS) is 16.1. The fourth-order valence-electron chi connectivity index (χ4n) is 2.61. The molecule has 116 valence electrons. The summed E-state index contributed by atoms with van der Waals surface area (Å²) in [6.45, 7) is 5.89. The van der Waals surface area contributed by atoms with Gasteiger partial charge in [-0.05, 0) is 32.4 Å². The van der Waals surface area contributed by atoms with Crippen molar-refractivity contribution in [2.75, 3.05) is 26.2 Å². The summed E-state index contributed by atoms with van der Waals surface area (Å²) in [6, 6.07) is 0. The van der Waals surface area contributed by atoms with Crippen molar-refractivity contribution in [2.45, 2.75) is 64.7 Å². The van der Waals surface area contributed by atoms with Gasteiger partial charge in [0.2, 0.25) is 5.78 Å². The van der Waals surface area contributed by atoms with E-state index in [1.165, 1.54) is 38.5 Å². The zero-order chi connectivity index (χ0) is 14.6. The highest BCUT2D eigenvalue weighted by Crippen LogP contribution is 2.07. The molecule has 0 spiro atoms. The maximum absolute atomic E-state index is 11.6. The Morgan fingerprint density at radius 3 is 2.40 bits per heavy atom. The smallest absolute Gasteiger partial charge is 0.287 e. The predicted molar refractivity (Wildman–Crippen MR) is 81.7 cm³/mol. The van der Waals surface area contributed by atoms with Crippen LogP contribution in [0.3, 0.4) is 0 Å². The van der Waals surface area contributed by atoms with E-state index in [0.29, 0.717) is 13.0 Å². The number of hydrogen-bond acceptors (Lipinski definition) is 3. The Kier molecular flexibility index (Phi) is 9.29. The van der Waals surface area contributed by atoms with Crippen molar-refractivity contribution in [1.29, 1.82) is 0 Å². The Bertz CT molecular complexity index is 286. The number of carbonyl (C=O) groups excluding carboxylic acids is 2. The van der Waals surface area contributed by atoms with Gasteiger partial charge in [-0.1, -0.05) is 39.0 Å². The molecule has 4 heteroatoms. The topological polar surface area (TPSA) is 49.4 Å². The summed E-state index contributed by atoms with van der Waals surface area (Å²) in [4.78, 5) is 25.6. The Morgan fingerprint density at radius 1 is 1.00 bits per heavy atom. The molecule has 0 unspecified atom stereocenters. The third-order valence-corrected chi connectivity index (χ3v) is 3.92. The molecule has 0 saturated carbocycles. The highest BCUT2D eigenvalue weighted by molar-refractivity contribution is 6.36. The van der Waals surface area contributed by atoms with Crippen LogP contribution in [-0.4, -0.2) is 42.8 Å². The molecule has 1 aliphatic heterocycles. The molecule has 0 aliphatic carbocycles. The Hall–Kier alpha value is -0.900. The molecule has 0 radical (unpaired) electrons. The molecule has 1 heterocycles. The van der Waals surface area contributed by atoms with Gasteiger partial charge in [-0.15, -0.1) is 0 Å². The second-order valence-electron chi connectivity index (χ2n) is 5.75. The number of nitrogens with one attached hydrogen (secondary N) is 1. The van der Waals surface area contributed by atoms with E-state index < -0.39 is 5.91 Å². The number of likely N-dealkylation sites (tertiary alicyclic amines) is 1. The lowest BCUT2D eigenvalue weighted by Gasteiger charge is -2.26. The van der Waals surface area contributed by atoms with Crippen LogP contribution in [0.4, 0.5) is 0 Å². The van der Waals surface area contributed by atoms with Gasteiger partial charge >= 0.3 is 0 Å². The van der Waals surface area contributed by atoms with Crippen LogP contribution in [0.15, 0.2) is 0 Å². The lowest BCUT2D eigenvalue weighted by Crippen LogP contribution is -2.39. The second kappa shape index (κ2) is 10.8. The van der Waals surface area contributed by atoms with Crippen LogP contribution in [0, 0.1) is 0 Å². The first-order valence-corrected chi connectivity index (χ1v) is 8.27. The van der Waals surface area contributed by atoms with E-state index in [9.17, 15) is 9.59 Å². The number of hydrogen-bond donors (Lipinski definition) is 1. The summed E-state index contributed by atoms with van der Waals surface area (Å²) in [7, 11) is 0. The van der Waals surface area contributed by atoms with Crippen molar-refractivity contribution in [3.8, 4) is 0 Å². The first-order chi connectivity index (χ1) is 9.74. The minimum atomic E-state index is -0.391. The van der Waals surface area contributed by atoms with Crippen LogP contribution in [0.5, 0.6) is 0 Å². The standard InChI is InChI=1S/C16H30N2O2/c1-2-3-4-5-7-10-15(19)16(20)17-11-14-18-12-8-6-9-13-18/h2-14H2,1H3,(H,17,20). The molecular formula is C16H30N2O2. The van der Waals surface area contributed by atoms with Crippen LogP contribution < -0.4 is 5.32 Å². The van der Waals surface area contributed by atoms with Gasteiger partial charge in [-0.3, -0.25) is 9.59 Å². The van der Waals surface area contributed by atoms with Gasteiger partial charge in [0.1, 0.15) is 0 Å². The Morgan fingerprint density at radius 2 is 1.70 bits per heavy atom. The highest BCUT2D eigenvalue weighted by Gasteiger charge is 2.14. The molecule has 1 amide bonds. The van der Waals surface area contributed by atoms with Crippen molar-refractivity contribution in [3.05, 3.63) is 0 Å². The molecule has 1 aliphatic rings. The average Bonchev–Trinajstić information content (AvgIpc) is 2.47. The van der Waals surface area contributed by atoms with Gasteiger partial charge < -0.3 is 10.2 Å². The number of Topliss-reactive ketones (excluding diaryl/α,β-unsaturated/α-hetero) is 1. The number of piperidine rings is 1.